The number of piperidine rings is 1. The average molecular weight is 378 g/mol. The lowest BCUT2D eigenvalue weighted by Gasteiger charge is -2.51. The van der Waals surface area contributed by atoms with E-state index in [1.54, 1.807) is 0 Å². The van der Waals surface area contributed by atoms with Gasteiger partial charge in [0, 0.05) is 36.3 Å². The standard InChI is InChI=1S/C24H47N3/c1-22(2,3)27-18-21(19-27)16-24(6,7)26-14-11-20(17-26)15-23(4,5)25-12-9-8-10-13-25/h20-21H,8-19H2,1-7H3. The summed E-state index contributed by atoms with van der Waals surface area (Å²) in [4.78, 5) is 8.24. The van der Waals surface area contributed by atoms with E-state index >= 15 is 0 Å². The van der Waals surface area contributed by atoms with Crippen molar-refractivity contribution in [2.75, 3.05) is 39.3 Å². The Labute approximate surface area is 169 Å². The second-order valence-electron chi connectivity index (χ2n) is 12.1. The average Bonchev–Trinajstić information content (AvgIpc) is 2.99. The van der Waals surface area contributed by atoms with Gasteiger partial charge in [0.1, 0.15) is 0 Å². The molecule has 0 spiro atoms. The van der Waals surface area contributed by atoms with Crippen LogP contribution in [-0.2, 0) is 0 Å². The molecule has 1 unspecified atom stereocenters. The maximum atomic E-state index is 2.82. The Morgan fingerprint density at radius 2 is 1.11 bits per heavy atom. The summed E-state index contributed by atoms with van der Waals surface area (Å²) in [6.45, 7) is 24.9. The molecule has 0 aromatic carbocycles. The highest BCUT2D eigenvalue weighted by Gasteiger charge is 2.42. The lowest BCUT2D eigenvalue weighted by atomic mass is 9.82. The summed E-state index contributed by atoms with van der Waals surface area (Å²) < 4.78 is 0. The first-order valence-corrected chi connectivity index (χ1v) is 11.7. The van der Waals surface area contributed by atoms with Crippen molar-refractivity contribution < 1.29 is 0 Å². The fraction of sp³-hybridized carbons (Fsp3) is 1.00. The summed E-state index contributed by atoms with van der Waals surface area (Å²) in [6.07, 6.45) is 8.38. The molecular formula is C24H47N3. The van der Waals surface area contributed by atoms with E-state index in [4.69, 9.17) is 0 Å². The molecule has 3 fully saturated rings. The fourth-order valence-corrected chi connectivity index (χ4v) is 5.97. The molecule has 1 atom stereocenters. The van der Waals surface area contributed by atoms with Gasteiger partial charge in [0.15, 0.2) is 0 Å². The summed E-state index contributed by atoms with van der Waals surface area (Å²) in [5.74, 6) is 1.77. The second-order valence-corrected chi connectivity index (χ2v) is 12.1. The van der Waals surface area contributed by atoms with Crippen molar-refractivity contribution in [3.63, 3.8) is 0 Å². The molecule has 3 heterocycles. The van der Waals surface area contributed by atoms with Gasteiger partial charge < -0.3 is 0 Å². The minimum absolute atomic E-state index is 0.347. The van der Waals surface area contributed by atoms with Gasteiger partial charge in [-0.25, -0.2) is 0 Å². The van der Waals surface area contributed by atoms with Gasteiger partial charge in [0.05, 0.1) is 0 Å². The number of nitrogens with zero attached hydrogens (tertiary/aromatic N) is 3. The summed E-state index contributed by atoms with van der Waals surface area (Å²) >= 11 is 0. The number of hydrogen-bond acceptors (Lipinski definition) is 3. The monoisotopic (exact) mass is 377 g/mol. The minimum Gasteiger partial charge on any atom is -0.298 e. The molecule has 3 saturated heterocycles. The van der Waals surface area contributed by atoms with Crippen LogP contribution >= 0.6 is 0 Å². The van der Waals surface area contributed by atoms with Gasteiger partial charge in [0.25, 0.3) is 0 Å². The first-order valence-electron chi connectivity index (χ1n) is 11.7. The van der Waals surface area contributed by atoms with Crippen LogP contribution in [0.3, 0.4) is 0 Å². The minimum atomic E-state index is 0.347. The number of likely N-dealkylation sites (tertiary alicyclic amines) is 3. The first-order chi connectivity index (χ1) is 12.5. The second kappa shape index (κ2) is 7.95. The lowest BCUT2D eigenvalue weighted by Crippen LogP contribution is -2.58. The molecular weight excluding hydrogens is 330 g/mol. The van der Waals surface area contributed by atoms with Crippen molar-refractivity contribution in [2.24, 2.45) is 11.8 Å². The summed E-state index contributed by atoms with van der Waals surface area (Å²) in [6, 6.07) is 0. The molecule has 0 radical (unpaired) electrons. The van der Waals surface area contributed by atoms with Crippen LogP contribution < -0.4 is 0 Å². The van der Waals surface area contributed by atoms with E-state index in [2.05, 4.69) is 63.2 Å². The van der Waals surface area contributed by atoms with Crippen molar-refractivity contribution in [2.45, 2.75) is 104 Å². The molecule has 0 saturated carbocycles. The highest BCUT2D eigenvalue weighted by molar-refractivity contribution is 4.97. The van der Waals surface area contributed by atoms with E-state index in [9.17, 15) is 0 Å². The number of rotatable bonds is 6. The zero-order valence-electron chi connectivity index (χ0n) is 19.5. The van der Waals surface area contributed by atoms with E-state index in [0.717, 1.165) is 11.8 Å². The van der Waals surface area contributed by atoms with Crippen LogP contribution in [-0.4, -0.2) is 70.6 Å². The molecule has 158 valence electrons. The van der Waals surface area contributed by atoms with Gasteiger partial charge in [0.2, 0.25) is 0 Å². The van der Waals surface area contributed by atoms with Gasteiger partial charge in [-0.2, -0.15) is 0 Å². The van der Waals surface area contributed by atoms with Crippen molar-refractivity contribution >= 4 is 0 Å². The summed E-state index contributed by atoms with van der Waals surface area (Å²) in [5, 5.41) is 0. The third-order valence-electron chi connectivity index (χ3n) is 7.84. The Hall–Kier alpha value is -0.120. The molecule has 3 heteroatoms. The van der Waals surface area contributed by atoms with Crippen LogP contribution in [0.1, 0.15) is 87.0 Å². The SMILES string of the molecule is CC(C)(C)N1CC(CC(C)(C)N2CCC(CC(C)(C)N3CCCCC3)C2)C1. The molecule has 27 heavy (non-hydrogen) atoms. The van der Waals surface area contributed by atoms with E-state index in [0.29, 0.717) is 16.6 Å². The van der Waals surface area contributed by atoms with Crippen molar-refractivity contribution in [3.05, 3.63) is 0 Å². The van der Waals surface area contributed by atoms with Crippen molar-refractivity contribution in [3.8, 4) is 0 Å². The van der Waals surface area contributed by atoms with Crippen LogP contribution in [0.15, 0.2) is 0 Å². The normalized spacial score (nSPS) is 27.9. The van der Waals surface area contributed by atoms with E-state index in [1.807, 2.05) is 0 Å². The van der Waals surface area contributed by atoms with E-state index in [1.165, 1.54) is 77.8 Å². The molecule has 0 amide bonds. The van der Waals surface area contributed by atoms with Gasteiger partial charge in [-0.15, -0.1) is 0 Å². The molecule has 3 rings (SSSR count). The van der Waals surface area contributed by atoms with Gasteiger partial charge in [-0.05, 0) is 112 Å². The first kappa shape index (κ1) is 21.6. The Morgan fingerprint density at radius 1 is 0.593 bits per heavy atom. The topological polar surface area (TPSA) is 9.72 Å². The number of hydrogen-bond donors (Lipinski definition) is 0. The van der Waals surface area contributed by atoms with Crippen molar-refractivity contribution in [1.82, 2.24) is 14.7 Å². The molecule has 0 N–H and O–H groups in total. The van der Waals surface area contributed by atoms with Gasteiger partial charge >= 0.3 is 0 Å². The van der Waals surface area contributed by atoms with Gasteiger partial charge in [-0.3, -0.25) is 14.7 Å². The van der Waals surface area contributed by atoms with Gasteiger partial charge in [-0.1, -0.05) is 6.42 Å². The molecule has 0 aromatic heterocycles. The molecule has 0 aliphatic carbocycles. The van der Waals surface area contributed by atoms with Crippen LogP contribution in [0.2, 0.25) is 0 Å². The molecule has 0 bridgehead atoms. The highest BCUT2D eigenvalue weighted by Crippen LogP contribution is 2.37. The maximum absolute atomic E-state index is 2.82. The lowest BCUT2D eigenvalue weighted by molar-refractivity contribution is -0.0151. The summed E-state index contributed by atoms with van der Waals surface area (Å²) in [5.41, 5.74) is 1.09. The van der Waals surface area contributed by atoms with Crippen LogP contribution in [0.4, 0.5) is 0 Å². The quantitative estimate of drug-likeness (QED) is 0.654. The fourth-order valence-electron chi connectivity index (χ4n) is 5.97. The zero-order valence-corrected chi connectivity index (χ0v) is 19.5. The molecule has 3 aliphatic rings. The third-order valence-corrected chi connectivity index (χ3v) is 7.84. The largest absolute Gasteiger partial charge is 0.298 e. The predicted octanol–water partition coefficient (Wildman–Crippen LogP) is 4.86. The Morgan fingerprint density at radius 3 is 1.70 bits per heavy atom. The van der Waals surface area contributed by atoms with E-state index in [-0.39, 0.29) is 0 Å². The zero-order chi connectivity index (χ0) is 19.9. The van der Waals surface area contributed by atoms with Crippen LogP contribution in [0.25, 0.3) is 0 Å². The Kier molecular flexibility index (Phi) is 6.36. The molecule has 3 nitrogen and oxygen atoms in total. The molecule has 3 aliphatic heterocycles. The van der Waals surface area contributed by atoms with Crippen molar-refractivity contribution in [1.29, 1.82) is 0 Å². The predicted molar refractivity (Wildman–Crippen MR) is 117 cm³/mol. The maximum Gasteiger partial charge on any atom is 0.0156 e. The highest BCUT2D eigenvalue weighted by atomic mass is 15.3. The Balaban J connectivity index is 1.46. The summed E-state index contributed by atoms with van der Waals surface area (Å²) in [7, 11) is 0. The van der Waals surface area contributed by atoms with Crippen LogP contribution in [0.5, 0.6) is 0 Å². The van der Waals surface area contributed by atoms with Crippen LogP contribution in [0, 0.1) is 11.8 Å². The third kappa shape index (κ3) is 5.28. The smallest absolute Gasteiger partial charge is 0.0156 e. The van der Waals surface area contributed by atoms with E-state index < -0.39 is 0 Å². The Bertz CT molecular complexity index is 478. The molecule has 0 aromatic rings.